The molecular formula is H6Mn3N2O14P4-2. The number of hydrogen-bond acceptors (Lipinski definition) is 16. The second-order valence-corrected chi connectivity index (χ2v) is 6.84. The Morgan fingerprint density at radius 3 is 0.522 bits per heavy atom. The molecule has 0 amide bonds. The minimum absolute atomic E-state index is 0. The van der Waals surface area contributed by atoms with Crippen molar-refractivity contribution in [1.82, 2.24) is 12.3 Å². The van der Waals surface area contributed by atoms with Gasteiger partial charge in [0.1, 0.15) is 0 Å². The van der Waals surface area contributed by atoms with Crippen LogP contribution in [-0.4, -0.2) is 0 Å². The summed E-state index contributed by atoms with van der Waals surface area (Å²) in [4.78, 5) is 74.6. The molecular weight excluding hydrogens is 541 g/mol. The van der Waals surface area contributed by atoms with Gasteiger partial charge < -0.3 is 78.3 Å². The van der Waals surface area contributed by atoms with Crippen LogP contribution in [0.15, 0.2) is 0 Å². The standard InChI is InChI=1S/3Mn.2H3N.2H4O7P2/c;;;;;2*1-8(2,3)7-9(4,5)6/h;;;2*1H3;2*(H2,1,2,3)(H2,4,5,6)/q3*+2;;;;/p-8. The molecule has 0 aliphatic carbocycles. The first kappa shape index (κ1) is 44.4. The molecule has 0 spiro atoms. The molecule has 0 unspecified atom stereocenters. The van der Waals surface area contributed by atoms with Gasteiger partial charge in [-0.25, -0.2) is 0 Å². The van der Waals surface area contributed by atoms with Crippen molar-refractivity contribution in [2.75, 3.05) is 0 Å². The van der Waals surface area contributed by atoms with E-state index in [4.69, 9.17) is 0 Å². The first-order valence-electron chi connectivity index (χ1n) is 2.92. The number of rotatable bonds is 4. The Morgan fingerprint density at radius 1 is 0.435 bits per heavy atom. The van der Waals surface area contributed by atoms with Gasteiger partial charge in [-0.15, -0.1) is 0 Å². The molecule has 0 saturated heterocycles. The molecule has 143 valence electrons. The normalized spacial score (nSPS) is 10.8. The fourth-order valence-electron chi connectivity index (χ4n) is 0.245. The van der Waals surface area contributed by atoms with Crippen molar-refractivity contribution in [3.63, 3.8) is 0 Å². The van der Waals surface area contributed by atoms with Crippen LogP contribution in [0.4, 0.5) is 0 Å². The quantitative estimate of drug-likeness (QED) is 0.244. The minimum atomic E-state index is -5.68. The molecule has 0 aromatic carbocycles. The molecule has 0 fully saturated rings. The van der Waals surface area contributed by atoms with Gasteiger partial charge in [-0.3, -0.25) is 0 Å². The molecule has 0 aliphatic heterocycles. The monoisotopic (exact) mass is 547 g/mol. The van der Waals surface area contributed by atoms with Crippen LogP contribution >= 0.6 is 31.3 Å². The Kier molecular flexibility index (Phi) is 31.3. The number of hydrogen-bond donors (Lipinski definition) is 2. The Labute approximate surface area is 160 Å². The Balaban J connectivity index is -0.0000000366. The topological polar surface area (TPSA) is 341 Å². The summed E-state index contributed by atoms with van der Waals surface area (Å²) in [6.07, 6.45) is 0. The average molecular weight is 547 g/mol. The van der Waals surface area contributed by atoms with E-state index in [-0.39, 0.29) is 63.5 Å². The predicted octanol–water partition coefficient (Wildman–Crippen LogP) is -6.36. The zero-order valence-electron chi connectivity index (χ0n) is 10.1. The van der Waals surface area contributed by atoms with Gasteiger partial charge in [0.05, 0.1) is 31.3 Å². The molecule has 0 atom stereocenters. The maximum absolute atomic E-state index is 9.32. The smallest absolute Gasteiger partial charge is 0.790 e. The SMILES string of the molecule is N.N.O=P([O-])([O-])OP(=O)([O-])[O-].O=P([O-])([O-])OP(=O)([O-])[O-].[Mn+2].[Mn+2].[Mn+2]. The van der Waals surface area contributed by atoms with Crippen molar-refractivity contribution in [2.24, 2.45) is 0 Å². The van der Waals surface area contributed by atoms with Crippen LogP contribution < -0.4 is 51.4 Å². The van der Waals surface area contributed by atoms with Crippen LogP contribution in [-0.2, 0) is 78.1 Å². The third kappa shape index (κ3) is 59.3. The van der Waals surface area contributed by atoms with E-state index in [2.05, 4.69) is 8.62 Å². The van der Waals surface area contributed by atoms with Crippen molar-refractivity contribution in [3.05, 3.63) is 0 Å². The summed E-state index contributed by atoms with van der Waals surface area (Å²) in [7, 11) is -22.7. The van der Waals surface area contributed by atoms with Crippen LogP contribution in [0.25, 0.3) is 0 Å². The summed E-state index contributed by atoms with van der Waals surface area (Å²) in [6.45, 7) is 0. The second-order valence-electron chi connectivity index (χ2n) is 1.95. The first-order valence-corrected chi connectivity index (χ1v) is 8.76. The van der Waals surface area contributed by atoms with E-state index in [0.29, 0.717) is 0 Å². The maximum atomic E-state index is 9.32. The third-order valence-electron chi connectivity index (χ3n) is 0.400. The molecule has 0 aromatic rings. The summed E-state index contributed by atoms with van der Waals surface area (Å²) in [5.41, 5.74) is 0. The largest absolute Gasteiger partial charge is 2.00 e. The van der Waals surface area contributed by atoms with Gasteiger partial charge in [0, 0.05) is 0 Å². The molecule has 0 rings (SSSR count). The molecule has 0 heterocycles. The molecule has 0 saturated carbocycles. The molecule has 0 aromatic heterocycles. The zero-order valence-corrected chi connectivity index (χ0v) is 17.2. The van der Waals surface area contributed by atoms with Crippen molar-refractivity contribution in [1.29, 1.82) is 0 Å². The summed E-state index contributed by atoms with van der Waals surface area (Å²) in [5, 5.41) is 0. The molecule has 0 bridgehead atoms. The predicted molar refractivity (Wildman–Crippen MR) is 42.6 cm³/mol. The van der Waals surface area contributed by atoms with E-state index in [1.165, 1.54) is 0 Å². The third-order valence-corrected chi connectivity index (χ3v) is 3.60. The molecule has 3 radical (unpaired) electrons. The van der Waals surface area contributed by atoms with Crippen LogP contribution in [0.2, 0.25) is 0 Å². The molecule has 16 nitrogen and oxygen atoms in total. The van der Waals surface area contributed by atoms with Crippen molar-refractivity contribution in [3.8, 4) is 0 Å². The fraction of sp³-hybridized carbons (Fsp3) is 0. The van der Waals surface area contributed by atoms with E-state index in [0.717, 1.165) is 0 Å². The van der Waals surface area contributed by atoms with Crippen LogP contribution in [0.3, 0.4) is 0 Å². The van der Waals surface area contributed by atoms with Crippen molar-refractivity contribution in [2.45, 2.75) is 0 Å². The van der Waals surface area contributed by atoms with E-state index >= 15 is 0 Å². The average Bonchev–Trinajstić information content (AvgIpc) is 1.64. The number of phosphoric acid groups is 4. The van der Waals surface area contributed by atoms with E-state index in [1.807, 2.05) is 0 Å². The first-order chi connectivity index (χ1) is 7.41. The molecule has 0 aliphatic rings. The van der Waals surface area contributed by atoms with Crippen molar-refractivity contribution < 1.29 is 117 Å². The second kappa shape index (κ2) is 16.2. The van der Waals surface area contributed by atoms with Gasteiger partial charge in [0.15, 0.2) is 0 Å². The Morgan fingerprint density at radius 2 is 0.522 bits per heavy atom. The van der Waals surface area contributed by atoms with Gasteiger partial charge in [-0.1, -0.05) is 0 Å². The van der Waals surface area contributed by atoms with Crippen LogP contribution in [0, 0.1) is 0 Å². The summed E-state index contributed by atoms with van der Waals surface area (Å²) < 4.78 is 42.3. The Hall–Kier alpha value is 2.00. The summed E-state index contributed by atoms with van der Waals surface area (Å²) >= 11 is 0. The fourth-order valence-corrected chi connectivity index (χ4v) is 2.20. The van der Waals surface area contributed by atoms with Crippen LogP contribution in [0.1, 0.15) is 0 Å². The van der Waals surface area contributed by atoms with E-state index in [9.17, 15) is 57.4 Å². The molecule has 23 heavy (non-hydrogen) atoms. The van der Waals surface area contributed by atoms with Crippen LogP contribution in [0.5, 0.6) is 0 Å². The van der Waals surface area contributed by atoms with E-state index < -0.39 is 31.3 Å². The van der Waals surface area contributed by atoms with Gasteiger partial charge in [-0.05, 0) is 0 Å². The molecule has 6 N–H and O–H groups in total. The van der Waals surface area contributed by atoms with Gasteiger partial charge in [-0.2, -0.15) is 0 Å². The van der Waals surface area contributed by atoms with Gasteiger partial charge in [0.25, 0.3) is 0 Å². The van der Waals surface area contributed by atoms with Crippen molar-refractivity contribution >= 4 is 31.3 Å². The summed E-state index contributed by atoms with van der Waals surface area (Å²) in [5.74, 6) is 0. The Bertz CT molecular complexity index is 359. The van der Waals surface area contributed by atoms with Gasteiger partial charge in [0.2, 0.25) is 0 Å². The molecule has 23 heteroatoms. The zero-order chi connectivity index (χ0) is 15.4. The van der Waals surface area contributed by atoms with E-state index in [1.54, 1.807) is 0 Å². The maximum Gasteiger partial charge on any atom is 2.00 e. The van der Waals surface area contributed by atoms with Gasteiger partial charge >= 0.3 is 51.2 Å². The minimum Gasteiger partial charge on any atom is -0.790 e. The summed E-state index contributed by atoms with van der Waals surface area (Å²) in [6, 6.07) is 0.